The van der Waals surface area contributed by atoms with Crippen molar-refractivity contribution >= 4 is 11.4 Å². The SMILES string of the molecule is CCOc1cc(NC2CCCCCC2O)ccc1[N+](=O)[O-]. The Balaban J connectivity index is 2.15. The second-order valence-electron chi connectivity index (χ2n) is 5.33. The summed E-state index contributed by atoms with van der Waals surface area (Å²) in [5.74, 6) is 0.260. The van der Waals surface area contributed by atoms with E-state index >= 15 is 0 Å². The summed E-state index contributed by atoms with van der Waals surface area (Å²) < 4.78 is 5.34. The van der Waals surface area contributed by atoms with Crippen LogP contribution < -0.4 is 10.1 Å². The number of hydrogen-bond acceptors (Lipinski definition) is 5. The Kier molecular flexibility index (Phi) is 5.38. The number of nitrogens with zero attached hydrogens (tertiary/aromatic N) is 1. The lowest BCUT2D eigenvalue weighted by Crippen LogP contribution is -2.32. The monoisotopic (exact) mass is 294 g/mol. The summed E-state index contributed by atoms with van der Waals surface area (Å²) in [6.07, 6.45) is 4.59. The molecule has 0 aliphatic heterocycles. The highest BCUT2D eigenvalue weighted by atomic mass is 16.6. The molecule has 6 heteroatoms. The fourth-order valence-corrected chi connectivity index (χ4v) is 2.70. The Morgan fingerprint density at radius 3 is 2.86 bits per heavy atom. The number of rotatable bonds is 5. The second-order valence-corrected chi connectivity index (χ2v) is 5.33. The molecule has 2 atom stereocenters. The third kappa shape index (κ3) is 4.07. The van der Waals surface area contributed by atoms with Gasteiger partial charge in [-0.15, -0.1) is 0 Å². The van der Waals surface area contributed by atoms with E-state index in [1.807, 2.05) is 0 Å². The molecule has 1 fully saturated rings. The summed E-state index contributed by atoms with van der Waals surface area (Å²) in [5, 5.41) is 24.4. The molecule has 0 amide bonds. The number of nitro benzene ring substituents is 1. The van der Waals surface area contributed by atoms with Crippen LogP contribution in [-0.4, -0.2) is 28.8 Å². The van der Waals surface area contributed by atoms with Crippen LogP contribution in [0.5, 0.6) is 5.75 Å². The first kappa shape index (κ1) is 15.6. The molecule has 0 bridgehead atoms. The second kappa shape index (κ2) is 7.26. The Morgan fingerprint density at radius 2 is 2.14 bits per heavy atom. The van der Waals surface area contributed by atoms with E-state index < -0.39 is 4.92 Å². The highest BCUT2D eigenvalue weighted by Gasteiger charge is 2.22. The molecule has 21 heavy (non-hydrogen) atoms. The van der Waals surface area contributed by atoms with Gasteiger partial charge < -0.3 is 15.2 Å². The molecule has 0 radical (unpaired) electrons. The Labute approximate surface area is 124 Å². The average molecular weight is 294 g/mol. The van der Waals surface area contributed by atoms with Gasteiger partial charge in [0.1, 0.15) is 0 Å². The molecule has 1 aromatic rings. The number of nitrogens with one attached hydrogen (secondary N) is 1. The van der Waals surface area contributed by atoms with Crippen LogP contribution in [0.15, 0.2) is 18.2 Å². The molecule has 0 saturated heterocycles. The Bertz CT molecular complexity index is 493. The summed E-state index contributed by atoms with van der Waals surface area (Å²) in [5.41, 5.74) is 0.707. The van der Waals surface area contributed by atoms with Crippen molar-refractivity contribution in [1.82, 2.24) is 0 Å². The first-order chi connectivity index (χ1) is 10.1. The predicted molar refractivity (Wildman–Crippen MR) is 80.8 cm³/mol. The maximum Gasteiger partial charge on any atom is 0.311 e. The van der Waals surface area contributed by atoms with Crippen LogP contribution in [0.25, 0.3) is 0 Å². The molecule has 1 aliphatic rings. The standard InChI is InChI=1S/C15H22N2O4/c1-2-21-15-10-11(8-9-13(15)17(19)20)16-12-6-4-3-5-7-14(12)18/h8-10,12,14,16,18H,2-7H2,1H3. The third-order valence-corrected chi connectivity index (χ3v) is 3.79. The van der Waals surface area contributed by atoms with Gasteiger partial charge in [-0.25, -0.2) is 0 Å². The van der Waals surface area contributed by atoms with Crippen LogP contribution in [0.2, 0.25) is 0 Å². The molecule has 2 unspecified atom stereocenters. The van der Waals surface area contributed by atoms with Crippen molar-refractivity contribution in [2.45, 2.75) is 51.2 Å². The summed E-state index contributed by atoms with van der Waals surface area (Å²) in [6, 6.07) is 4.73. The van der Waals surface area contributed by atoms with E-state index in [0.717, 1.165) is 37.8 Å². The number of hydrogen-bond donors (Lipinski definition) is 2. The lowest BCUT2D eigenvalue weighted by molar-refractivity contribution is -0.385. The first-order valence-corrected chi connectivity index (χ1v) is 7.47. The minimum atomic E-state index is -0.449. The van der Waals surface area contributed by atoms with E-state index in [2.05, 4.69) is 5.32 Å². The number of benzene rings is 1. The molecule has 6 nitrogen and oxygen atoms in total. The van der Waals surface area contributed by atoms with E-state index in [-0.39, 0.29) is 23.6 Å². The van der Waals surface area contributed by atoms with Gasteiger partial charge in [0, 0.05) is 17.8 Å². The predicted octanol–water partition coefficient (Wildman–Crippen LogP) is 3.10. The number of aliphatic hydroxyl groups excluding tert-OH is 1. The van der Waals surface area contributed by atoms with Crippen molar-refractivity contribution < 1.29 is 14.8 Å². The first-order valence-electron chi connectivity index (χ1n) is 7.47. The average Bonchev–Trinajstić information content (AvgIpc) is 2.64. The summed E-state index contributed by atoms with van der Waals surface area (Å²) in [6.45, 7) is 2.16. The largest absolute Gasteiger partial charge is 0.487 e. The number of anilines is 1. The zero-order valence-corrected chi connectivity index (χ0v) is 12.2. The normalized spacial score (nSPS) is 22.4. The summed E-state index contributed by atoms with van der Waals surface area (Å²) in [7, 11) is 0. The minimum absolute atomic E-state index is 0.0107. The molecule has 0 heterocycles. The summed E-state index contributed by atoms with van der Waals surface area (Å²) in [4.78, 5) is 10.5. The van der Waals surface area contributed by atoms with Crippen molar-refractivity contribution in [1.29, 1.82) is 0 Å². The van der Waals surface area contributed by atoms with Crippen molar-refractivity contribution in [3.05, 3.63) is 28.3 Å². The third-order valence-electron chi connectivity index (χ3n) is 3.79. The maximum atomic E-state index is 11.0. The van der Waals surface area contributed by atoms with E-state index in [0.29, 0.717) is 6.61 Å². The van der Waals surface area contributed by atoms with Gasteiger partial charge in [0.25, 0.3) is 0 Å². The van der Waals surface area contributed by atoms with Gasteiger partial charge in [0.15, 0.2) is 5.75 Å². The van der Waals surface area contributed by atoms with Crippen molar-refractivity contribution in [2.75, 3.05) is 11.9 Å². The lowest BCUT2D eigenvalue weighted by atomic mass is 10.1. The maximum absolute atomic E-state index is 11.0. The number of aliphatic hydroxyl groups is 1. The van der Waals surface area contributed by atoms with Crippen LogP contribution in [0.4, 0.5) is 11.4 Å². The van der Waals surface area contributed by atoms with Crippen molar-refractivity contribution in [3.63, 3.8) is 0 Å². The van der Waals surface area contributed by atoms with Gasteiger partial charge in [-0.3, -0.25) is 10.1 Å². The van der Waals surface area contributed by atoms with Gasteiger partial charge >= 0.3 is 5.69 Å². The van der Waals surface area contributed by atoms with Gasteiger partial charge in [0.05, 0.1) is 23.7 Å². The molecule has 116 valence electrons. The van der Waals surface area contributed by atoms with E-state index in [1.54, 1.807) is 19.1 Å². The van der Waals surface area contributed by atoms with Gasteiger partial charge in [-0.2, -0.15) is 0 Å². The zero-order valence-electron chi connectivity index (χ0n) is 12.2. The van der Waals surface area contributed by atoms with Crippen molar-refractivity contribution in [3.8, 4) is 5.75 Å². The minimum Gasteiger partial charge on any atom is -0.487 e. The van der Waals surface area contributed by atoms with Crippen LogP contribution in [-0.2, 0) is 0 Å². The zero-order chi connectivity index (χ0) is 15.2. The van der Waals surface area contributed by atoms with Crippen LogP contribution in [0.1, 0.15) is 39.0 Å². The molecule has 2 rings (SSSR count). The highest BCUT2D eigenvalue weighted by molar-refractivity contribution is 5.58. The quantitative estimate of drug-likeness (QED) is 0.495. The molecule has 0 spiro atoms. The topological polar surface area (TPSA) is 84.6 Å². The summed E-state index contributed by atoms with van der Waals surface area (Å²) >= 11 is 0. The van der Waals surface area contributed by atoms with Gasteiger partial charge in [-0.05, 0) is 25.8 Å². The van der Waals surface area contributed by atoms with Crippen LogP contribution in [0.3, 0.4) is 0 Å². The molecule has 0 aromatic heterocycles. The van der Waals surface area contributed by atoms with Crippen LogP contribution >= 0.6 is 0 Å². The van der Waals surface area contributed by atoms with Crippen molar-refractivity contribution in [2.24, 2.45) is 0 Å². The fourth-order valence-electron chi connectivity index (χ4n) is 2.70. The molecule has 1 saturated carbocycles. The molecule has 1 aliphatic carbocycles. The van der Waals surface area contributed by atoms with Crippen LogP contribution in [0, 0.1) is 10.1 Å². The molecule has 2 N–H and O–H groups in total. The number of ether oxygens (including phenoxy) is 1. The molecular formula is C15H22N2O4. The van der Waals surface area contributed by atoms with Gasteiger partial charge in [0.2, 0.25) is 0 Å². The fraction of sp³-hybridized carbons (Fsp3) is 0.600. The number of nitro groups is 1. The molecule has 1 aromatic carbocycles. The highest BCUT2D eigenvalue weighted by Crippen LogP contribution is 2.31. The molecular weight excluding hydrogens is 272 g/mol. The lowest BCUT2D eigenvalue weighted by Gasteiger charge is -2.23. The van der Waals surface area contributed by atoms with E-state index in [4.69, 9.17) is 4.74 Å². The van der Waals surface area contributed by atoms with E-state index in [1.165, 1.54) is 6.07 Å². The Hall–Kier alpha value is -1.82. The smallest absolute Gasteiger partial charge is 0.311 e. The van der Waals surface area contributed by atoms with E-state index in [9.17, 15) is 15.2 Å². The Morgan fingerprint density at radius 1 is 1.38 bits per heavy atom. The van der Waals surface area contributed by atoms with Gasteiger partial charge in [-0.1, -0.05) is 19.3 Å².